The van der Waals surface area contributed by atoms with Gasteiger partial charge in [-0.1, -0.05) is 41.4 Å². The van der Waals surface area contributed by atoms with Crippen molar-refractivity contribution in [3.8, 4) is 22.8 Å². The predicted octanol–water partition coefficient (Wildman–Crippen LogP) is 4.18. The fraction of sp³-hybridized carbons (Fsp3) is 0.111. The summed E-state index contributed by atoms with van der Waals surface area (Å²) in [4.78, 5) is 1.51. The van der Waals surface area contributed by atoms with E-state index in [-0.39, 0.29) is 0 Å². The van der Waals surface area contributed by atoms with Crippen molar-refractivity contribution < 1.29 is 4.74 Å². The van der Waals surface area contributed by atoms with Crippen molar-refractivity contribution in [1.82, 2.24) is 30.0 Å². The van der Waals surface area contributed by atoms with Crippen molar-refractivity contribution in [2.24, 2.45) is 0 Å². The maximum absolute atomic E-state index is 6.29. The van der Waals surface area contributed by atoms with Crippen LogP contribution < -0.4 is 4.74 Å². The third-order valence-electron chi connectivity index (χ3n) is 4.08. The van der Waals surface area contributed by atoms with E-state index in [9.17, 15) is 0 Å². The van der Waals surface area contributed by atoms with E-state index in [1.54, 1.807) is 36.2 Å². The van der Waals surface area contributed by atoms with E-state index in [1.807, 2.05) is 24.3 Å². The van der Waals surface area contributed by atoms with Gasteiger partial charge in [0.1, 0.15) is 10.8 Å². The molecule has 0 amide bonds. The highest BCUT2D eigenvalue weighted by molar-refractivity contribution is 7.80. The molecule has 7 nitrogen and oxygen atoms in total. The van der Waals surface area contributed by atoms with Crippen LogP contribution in [-0.4, -0.2) is 37.1 Å². The summed E-state index contributed by atoms with van der Waals surface area (Å²) >= 11 is 16.9. The molecule has 0 fully saturated rings. The van der Waals surface area contributed by atoms with Crippen LogP contribution >= 0.6 is 35.8 Å². The van der Waals surface area contributed by atoms with Crippen molar-refractivity contribution in [3.63, 3.8) is 0 Å². The molecule has 10 heteroatoms. The first kappa shape index (κ1) is 18.8. The zero-order valence-electron chi connectivity index (χ0n) is 14.6. The van der Waals surface area contributed by atoms with Crippen LogP contribution in [0.5, 0.6) is 5.75 Å². The molecule has 0 atom stereocenters. The normalized spacial score (nSPS) is 11.0. The van der Waals surface area contributed by atoms with Crippen LogP contribution in [0.3, 0.4) is 0 Å². The molecule has 0 aliphatic heterocycles. The second kappa shape index (κ2) is 7.83. The Bertz CT molecular complexity index is 1130. The largest absolute Gasteiger partial charge is 0.497 e. The number of ether oxygens (including phenoxy) is 1. The standard InChI is InChI=1S/C18H14Cl2N6OS/c1-27-12-7-5-11(6-8-12)10-25-23-17(22-24-25)13-9-21-26(18(13)28)15-4-2-3-14(19)16(15)20/h2-9,28H,10H2,1H3. The molecule has 0 saturated carbocycles. The molecular formula is C18H14Cl2N6OS. The van der Waals surface area contributed by atoms with Crippen molar-refractivity contribution in [3.05, 3.63) is 64.3 Å². The molecule has 0 N–H and O–H groups in total. The SMILES string of the molecule is COc1ccc(Cn2nnc(-c3cnn(-c4cccc(Cl)c4Cl)c3S)n2)cc1. The molecule has 0 bridgehead atoms. The number of thiol groups is 1. The Morgan fingerprint density at radius 2 is 1.89 bits per heavy atom. The fourth-order valence-corrected chi connectivity index (χ4v) is 3.34. The number of rotatable bonds is 5. The lowest BCUT2D eigenvalue weighted by atomic mass is 10.2. The Morgan fingerprint density at radius 3 is 2.64 bits per heavy atom. The number of hydrogen-bond acceptors (Lipinski definition) is 6. The Hall–Kier alpha value is -2.55. The van der Waals surface area contributed by atoms with Gasteiger partial charge < -0.3 is 4.74 Å². The van der Waals surface area contributed by atoms with Crippen LogP contribution in [0.25, 0.3) is 17.1 Å². The summed E-state index contributed by atoms with van der Waals surface area (Å²) in [6, 6.07) is 13.0. The third-order valence-corrected chi connectivity index (χ3v) is 5.32. The monoisotopic (exact) mass is 432 g/mol. The average Bonchev–Trinajstić information content (AvgIpc) is 3.31. The van der Waals surface area contributed by atoms with Gasteiger partial charge in [0.05, 0.1) is 41.1 Å². The van der Waals surface area contributed by atoms with E-state index in [0.29, 0.717) is 38.7 Å². The van der Waals surface area contributed by atoms with Gasteiger partial charge in [-0.15, -0.1) is 22.8 Å². The maximum atomic E-state index is 6.29. The number of nitrogens with zero attached hydrogens (tertiary/aromatic N) is 6. The smallest absolute Gasteiger partial charge is 0.209 e. The molecule has 4 aromatic rings. The second-order valence-corrected chi connectivity index (χ2v) is 7.07. The van der Waals surface area contributed by atoms with Crippen molar-refractivity contribution >= 4 is 35.8 Å². The van der Waals surface area contributed by atoms with Crippen molar-refractivity contribution in [2.45, 2.75) is 11.6 Å². The minimum absolute atomic E-state index is 0.394. The lowest BCUT2D eigenvalue weighted by molar-refractivity contribution is 0.414. The fourth-order valence-electron chi connectivity index (χ4n) is 2.64. The van der Waals surface area contributed by atoms with Crippen LogP contribution in [0.4, 0.5) is 0 Å². The first-order valence-corrected chi connectivity index (χ1v) is 9.39. The summed E-state index contributed by atoms with van der Waals surface area (Å²) in [5.41, 5.74) is 2.29. The quantitative estimate of drug-likeness (QED) is 0.479. The summed E-state index contributed by atoms with van der Waals surface area (Å²) in [6.07, 6.45) is 1.62. The first-order valence-electron chi connectivity index (χ1n) is 8.19. The third kappa shape index (κ3) is 3.58. The number of tetrazole rings is 1. The van der Waals surface area contributed by atoms with E-state index >= 15 is 0 Å². The molecule has 2 aromatic heterocycles. The Kier molecular flexibility index (Phi) is 5.25. The lowest BCUT2D eigenvalue weighted by Gasteiger charge is -2.07. The number of aromatic nitrogens is 6. The summed E-state index contributed by atoms with van der Waals surface area (Å²) in [7, 11) is 1.63. The summed E-state index contributed by atoms with van der Waals surface area (Å²) < 4.78 is 6.74. The van der Waals surface area contributed by atoms with Crippen LogP contribution in [0.2, 0.25) is 10.0 Å². The van der Waals surface area contributed by atoms with Crippen molar-refractivity contribution in [1.29, 1.82) is 0 Å². The van der Waals surface area contributed by atoms with Gasteiger partial charge in [0.15, 0.2) is 0 Å². The summed E-state index contributed by atoms with van der Waals surface area (Å²) in [5, 5.41) is 18.4. The molecule has 0 aliphatic rings. The van der Waals surface area contributed by atoms with Crippen LogP contribution in [0, 0.1) is 0 Å². The van der Waals surface area contributed by atoms with Crippen molar-refractivity contribution in [2.75, 3.05) is 7.11 Å². The average molecular weight is 433 g/mol. The van der Waals surface area contributed by atoms with E-state index in [0.717, 1.165) is 11.3 Å². The predicted molar refractivity (Wildman–Crippen MR) is 110 cm³/mol. The molecule has 0 spiro atoms. The van der Waals surface area contributed by atoms with Gasteiger partial charge in [0.25, 0.3) is 0 Å². The Morgan fingerprint density at radius 1 is 1.11 bits per heavy atom. The number of hydrogen-bond donors (Lipinski definition) is 1. The van der Waals surface area contributed by atoms with Gasteiger partial charge in [-0.05, 0) is 35.0 Å². The molecule has 142 valence electrons. The van der Waals surface area contributed by atoms with Gasteiger partial charge in [-0.25, -0.2) is 4.68 Å². The zero-order chi connectivity index (χ0) is 19.7. The first-order chi connectivity index (χ1) is 13.6. The highest BCUT2D eigenvalue weighted by Gasteiger charge is 2.17. The summed E-state index contributed by atoms with van der Waals surface area (Å²) in [5.74, 6) is 1.21. The number of methoxy groups -OCH3 is 1. The Labute approximate surface area is 176 Å². The molecule has 0 unspecified atom stereocenters. The molecule has 0 saturated heterocycles. The molecule has 28 heavy (non-hydrogen) atoms. The molecule has 2 heterocycles. The molecular weight excluding hydrogens is 419 g/mol. The minimum atomic E-state index is 0.394. The minimum Gasteiger partial charge on any atom is -0.497 e. The topological polar surface area (TPSA) is 70.7 Å². The van der Waals surface area contributed by atoms with Gasteiger partial charge in [0.2, 0.25) is 5.82 Å². The van der Waals surface area contributed by atoms with Crippen LogP contribution in [0.1, 0.15) is 5.56 Å². The molecule has 0 aliphatic carbocycles. The number of halogens is 2. The van der Waals surface area contributed by atoms with Crippen LogP contribution in [-0.2, 0) is 6.54 Å². The van der Waals surface area contributed by atoms with E-state index < -0.39 is 0 Å². The van der Waals surface area contributed by atoms with Gasteiger partial charge >= 0.3 is 0 Å². The number of benzene rings is 2. The highest BCUT2D eigenvalue weighted by atomic mass is 35.5. The van der Waals surface area contributed by atoms with Gasteiger partial charge in [-0.2, -0.15) is 9.90 Å². The van der Waals surface area contributed by atoms with Gasteiger partial charge in [0, 0.05) is 0 Å². The summed E-state index contributed by atoms with van der Waals surface area (Å²) in [6.45, 7) is 0.479. The van der Waals surface area contributed by atoms with Gasteiger partial charge in [-0.3, -0.25) is 0 Å². The highest BCUT2D eigenvalue weighted by Crippen LogP contribution is 2.32. The molecule has 0 radical (unpaired) electrons. The Balaban J connectivity index is 1.60. The van der Waals surface area contributed by atoms with E-state index in [1.165, 1.54) is 4.80 Å². The molecule has 2 aromatic carbocycles. The van der Waals surface area contributed by atoms with E-state index in [2.05, 4.69) is 33.1 Å². The second-order valence-electron chi connectivity index (χ2n) is 5.86. The maximum Gasteiger partial charge on any atom is 0.209 e. The zero-order valence-corrected chi connectivity index (χ0v) is 17.0. The van der Waals surface area contributed by atoms with Crippen LogP contribution in [0.15, 0.2) is 53.7 Å². The molecule has 4 rings (SSSR count). The van der Waals surface area contributed by atoms with E-state index in [4.69, 9.17) is 27.9 Å². The lowest BCUT2D eigenvalue weighted by Crippen LogP contribution is -2.04.